The second kappa shape index (κ2) is 7.87. The lowest BCUT2D eigenvalue weighted by atomic mass is 10.1. The van der Waals surface area contributed by atoms with Crippen LogP contribution in [0.25, 0.3) is 0 Å². The first-order chi connectivity index (χ1) is 11.3. The van der Waals surface area contributed by atoms with Gasteiger partial charge in [0, 0.05) is 6.54 Å². The van der Waals surface area contributed by atoms with Gasteiger partial charge in [-0.25, -0.2) is 17.5 Å². The van der Waals surface area contributed by atoms with E-state index in [1.807, 2.05) is 0 Å². The highest BCUT2D eigenvalue weighted by Gasteiger charge is 2.15. The van der Waals surface area contributed by atoms with Gasteiger partial charge in [0.05, 0.1) is 9.92 Å². The van der Waals surface area contributed by atoms with Gasteiger partial charge in [0.1, 0.15) is 11.6 Å². The molecule has 0 aliphatic rings. The van der Waals surface area contributed by atoms with Gasteiger partial charge in [-0.15, -0.1) is 0 Å². The Hall–Kier alpha value is -1.77. The predicted molar refractivity (Wildman–Crippen MR) is 83.4 cm³/mol. The summed E-state index contributed by atoms with van der Waals surface area (Å²) in [5.41, 5.74) is 0.733. The molecule has 0 bridgehead atoms. The van der Waals surface area contributed by atoms with Crippen molar-refractivity contribution in [3.63, 3.8) is 0 Å². The molecule has 0 aliphatic heterocycles. The fourth-order valence-corrected chi connectivity index (χ4v) is 3.20. The molecule has 0 amide bonds. The Bertz CT molecular complexity index is 798. The van der Waals surface area contributed by atoms with Gasteiger partial charge in [-0.3, -0.25) is 0 Å². The molecule has 0 radical (unpaired) electrons. The molecular formula is C15H13ClF3NO3S. The van der Waals surface area contributed by atoms with E-state index in [0.29, 0.717) is 6.42 Å². The molecule has 130 valence electrons. The highest BCUT2D eigenvalue weighted by Crippen LogP contribution is 2.19. The van der Waals surface area contributed by atoms with Crippen LogP contribution in [-0.4, -0.2) is 21.6 Å². The van der Waals surface area contributed by atoms with Gasteiger partial charge in [-0.1, -0.05) is 23.7 Å². The van der Waals surface area contributed by atoms with Crippen molar-refractivity contribution < 1.29 is 26.3 Å². The summed E-state index contributed by atoms with van der Waals surface area (Å²) < 4.78 is 67.9. The number of hydrogen-bond acceptors (Lipinski definition) is 3. The van der Waals surface area contributed by atoms with E-state index in [4.69, 9.17) is 11.6 Å². The predicted octanol–water partition coefficient (Wildman–Crippen LogP) is 3.60. The zero-order valence-corrected chi connectivity index (χ0v) is 13.8. The normalized spacial score (nSPS) is 11.7. The Labute approximate surface area is 142 Å². The highest BCUT2D eigenvalue weighted by atomic mass is 35.5. The SMILES string of the molecule is O=S(=O)(NCCc1ccc(OC(F)F)cc1)c1ccc(F)c(Cl)c1. The number of nitrogens with one attached hydrogen (secondary N) is 1. The molecule has 9 heteroatoms. The molecule has 0 saturated carbocycles. The molecule has 0 fully saturated rings. The standard InChI is InChI=1S/C15H13ClF3NO3S/c16-13-9-12(5-6-14(13)17)24(21,22)20-8-7-10-1-3-11(4-2-10)23-15(18)19/h1-6,9,15,20H,7-8H2. The van der Waals surface area contributed by atoms with Crippen LogP contribution in [0, 0.1) is 5.82 Å². The van der Waals surface area contributed by atoms with Crippen molar-refractivity contribution in [3.8, 4) is 5.75 Å². The molecular weight excluding hydrogens is 367 g/mol. The fourth-order valence-electron chi connectivity index (χ4n) is 1.89. The lowest BCUT2D eigenvalue weighted by Crippen LogP contribution is -2.26. The molecule has 0 spiro atoms. The zero-order valence-electron chi connectivity index (χ0n) is 12.2. The van der Waals surface area contributed by atoms with Crippen molar-refractivity contribution in [1.29, 1.82) is 0 Å². The first-order valence-electron chi connectivity index (χ1n) is 6.76. The minimum atomic E-state index is -3.82. The molecule has 0 saturated heterocycles. The van der Waals surface area contributed by atoms with E-state index in [1.165, 1.54) is 12.1 Å². The maximum Gasteiger partial charge on any atom is 0.387 e. The summed E-state index contributed by atoms with van der Waals surface area (Å²) in [5, 5.41) is -0.285. The molecule has 2 rings (SSSR count). The first kappa shape index (κ1) is 18.6. The van der Waals surface area contributed by atoms with Crippen molar-refractivity contribution in [1.82, 2.24) is 4.72 Å². The molecule has 2 aromatic rings. The maximum absolute atomic E-state index is 13.1. The molecule has 1 N–H and O–H groups in total. The maximum atomic E-state index is 13.1. The third-order valence-electron chi connectivity index (χ3n) is 3.06. The van der Waals surface area contributed by atoms with Gasteiger partial charge in [-0.05, 0) is 42.3 Å². The molecule has 0 heterocycles. The molecule has 24 heavy (non-hydrogen) atoms. The second-order valence-corrected chi connectivity index (χ2v) is 6.92. The lowest BCUT2D eigenvalue weighted by Gasteiger charge is -2.08. The Balaban J connectivity index is 1.94. The minimum absolute atomic E-state index is 0.0234. The number of ether oxygens (including phenoxy) is 1. The van der Waals surface area contributed by atoms with Crippen LogP contribution in [0.4, 0.5) is 13.2 Å². The Morgan fingerprint density at radius 3 is 2.38 bits per heavy atom. The van der Waals surface area contributed by atoms with Crippen LogP contribution < -0.4 is 9.46 Å². The van der Waals surface area contributed by atoms with Crippen molar-refractivity contribution in [2.45, 2.75) is 17.9 Å². The quantitative estimate of drug-likeness (QED) is 0.799. The van der Waals surface area contributed by atoms with Crippen LogP contribution in [0.1, 0.15) is 5.56 Å². The summed E-state index contributed by atoms with van der Waals surface area (Å²) in [6, 6.07) is 8.96. The van der Waals surface area contributed by atoms with Gasteiger partial charge in [0.2, 0.25) is 10.0 Å². The number of hydrogen-bond donors (Lipinski definition) is 1. The third-order valence-corrected chi connectivity index (χ3v) is 4.80. The number of sulfonamides is 1. The van der Waals surface area contributed by atoms with E-state index in [1.54, 1.807) is 12.1 Å². The van der Waals surface area contributed by atoms with Crippen LogP contribution in [0.5, 0.6) is 5.75 Å². The van der Waals surface area contributed by atoms with Gasteiger partial charge >= 0.3 is 6.61 Å². The average molecular weight is 380 g/mol. The molecule has 2 aromatic carbocycles. The van der Waals surface area contributed by atoms with E-state index >= 15 is 0 Å². The van der Waals surface area contributed by atoms with Gasteiger partial charge in [0.25, 0.3) is 0 Å². The van der Waals surface area contributed by atoms with Crippen LogP contribution in [0.15, 0.2) is 47.4 Å². The summed E-state index contributed by atoms with van der Waals surface area (Å²) >= 11 is 5.57. The molecule has 0 aliphatic carbocycles. The third kappa shape index (κ3) is 5.12. The first-order valence-corrected chi connectivity index (χ1v) is 8.62. The van der Waals surface area contributed by atoms with Crippen LogP contribution >= 0.6 is 11.6 Å². The summed E-state index contributed by atoms with van der Waals surface area (Å²) in [6.45, 7) is -2.82. The number of halogens is 4. The zero-order chi connectivity index (χ0) is 17.7. The summed E-state index contributed by atoms with van der Waals surface area (Å²) in [7, 11) is -3.82. The Morgan fingerprint density at radius 2 is 1.79 bits per heavy atom. The van der Waals surface area contributed by atoms with E-state index in [2.05, 4.69) is 9.46 Å². The van der Waals surface area contributed by atoms with Gasteiger partial charge < -0.3 is 4.74 Å². The van der Waals surface area contributed by atoms with E-state index < -0.39 is 22.5 Å². The van der Waals surface area contributed by atoms with E-state index in [9.17, 15) is 21.6 Å². The van der Waals surface area contributed by atoms with Crippen molar-refractivity contribution in [3.05, 3.63) is 58.9 Å². The highest BCUT2D eigenvalue weighted by molar-refractivity contribution is 7.89. The molecule has 0 atom stereocenters. The van der Waals surface area contributed by atoms with Crippen LogP contribution in [0.2, 0.25) is 5.02 Å². The lowest BCUT2D eigenvalue weighted by molar-refractivity contribution is -0.0498. The number of rotatable bonds is 7. The Morgan fingerprint density at radius 1 is 1.12 bits per heavy atom. The van der Waals surface area contributed by atoms with Gasteiger partial charge in [0.15, 0.2) is 0 Å². The second-order valence-electron chi connectivity index (χ2n) is 4.75. The van der Waals surface area contributed by atoms with Crippen LogP contribution in [-0.2, 0) is 16.4 Å². The number of alkyl halides is 2. The topological polar surface area (TPSA) is 55.4 Å². The van der Waals surface area contributed by atoms with Crippen molar-refractivity contribution in [2.75, 3.05) is 6.54 Å². The monoisotopic (exact) mass is 379 g/mol. The number of benzene rings is 2. The minimum Gasteiger partial charge on any atom is -0.435 e. The van der Waals surface area contributed by atoms with Crippen LogP contribution in [0.3, 0.4) is 0 Å². The smallest absolute Gasteiger partial charge is 0.387 e. The van der Waals surface area contributed by atoms with E-state index in [0.717, 1.165) is 23.8 Å². The Kier molecular flexibility index (Phi) is 6.09. The van der Waals surface area contributed by atoms with Gasteiger partial charge in [-0.2, -0.15) is 8.78 Å². The fraction of sp³-hybridized carbons (Fsp3) is 0.200. The van der Waals surface area contributed by atoms with E-state index in [-0.39, 0.29) is 22.2 Å². The average Bonchev–Trinajstić information content (AvgIpc) is 2.51. The molecule has 0 aromatic heterocycles. The van der Waals surface area contributed by atoms with Crippen molar-refractivity contribution in [2.24, 2.45) is 0 Å². The van der Waals surface area contributed by atoms with Crippen molar-refractivity contribution >= 4 is 21.6 Å². The molecule has 4 nitrogen and oxygen atoms in total. The summed E-state index contributed by atoms with van der Waals surface area (Å²) in [5.74, 6) is -0.683. The largest absolute Gasteiger partial charge is 0.435 e. The summed E-state index contributed by atoms with van der Waals surface area (Å²) in [4.78, 5) is -0.144. The summed E-state index contributed by atoms with van der Waals surface area (Å²) in [6.07, 6.45) is 0.336. The molecule has 0 unspecified atom stereocenters.